The maximum atomic E-state index is 12.9. The van der Waals surface area contributed by atoms with E-state index in [0.717, 1.165) is 5.56 Å². The maximum Gasteiger partial charge on any atom is 0.247 e. The fraction of sp³-hybridized carbons (Fsp3) is 0.452. The molecule has 2 saturated heterocycles. The molecule has 0 spiro atoms. The van der Waals surface area contributed by atoms with E-state index in [2.05, 4.69) is 15.5 Å². The van der Waals surface area contributed by atoms with Crippen molar-refractivity contribution < 1.29 is 54.1 Å². The Kier molecular flexibility index (Phi) is 10.1. The number of benzene rings is 2. The molecule has 6 N–H and O–H groups in total. The molecule has 242 valence electrons. The lowest BCUT2D eigenvalue weighted by atomic mass is 9.83. The van der Waals surface area contributed by atoms with Crippen LogP contribution in [-0.2, 0) is 30.4 Å². The molecule has 9 atom stereocenters. The van der Waals surface area contributed by atoms with Gasteiger partial charge < -0.3 is 54.6 Å². The first-order valence-electron chi connectivity index (χ1n) is 14.4. The van der Waals surface area contributed by atoms with Gasteiger partial charge >= 0.3 is 0 Å². The van der Waals surface area contributed by atoms with Crippen LogP contribution < -0.4 is 10.1 Å². The van der Waals surface area contributed by atoms with Gasteiger partial charge in [0, 0.05) is 12.6 Å². The number of amides is 1. The standard InChI is InChI=1S/C31H37N3O11/c1-15(30(40)33-21-23(36)26(39)29-28(24(21)37)41-14-42-29)11-18-9-10-20(19(35)12-18)44-31-22(32-3)25(38)27(45-31)16(2)34-43-13-17-7-5-4-6-8-17/h4-12,21,23-29,31,35-39H,13-14H2,1-3H3,(H,33,40)/b15-11+,32-22?,34-16+/t21?,23-,24+,25-,26+,27+,28-,29+,31?/m0/s1. The van der Waals surface area contributed by atoms with Crippen LogP contribution in [0.1, 0.15) is 25.0 Å². The van der Waals surface area contributed by atoms with Gasteiger partial charge in [0.1, 0.15) is 61.8 Å². The maximum absolute atomic E-state index is 12.9. The molecule has 1 aliphatic carbocycles. The van der Waals surface area contributed by atoms with Crippen LogP contribution in [0.5, 0.6) is 11.5 Å². The Hall–Kier alpha value is -3.89. The van der Waals surface area contributed by atoms with E-state index in [9.17, 15) is 30.3 Å². The van der Waals surface area contributed by atoms with E-state index in [1.54, 1.807) is 13.0 Å². The Morgan fingerprint density at radius 3 is 2.42 bits per heavy atom. The summed E-state index contributed by atoms with van der Waals surface area (Å²) in [5, 5.41) is 59.5. The van der Waals surface area contributed by atoms with Gasteiger partial charge in [-0.2, -0.15) is 0 Å². The summed E-state index contributed by atoms with van der Waals surface area (Å²) in [5.74, 6) is -0.842. The number of hydrogen-bond acceptors (Lipinski definition) is 13. The lowest BCUT2D eigenvalue weighted by molar-refractivity contribution is -0.155. The van der Waals surface area contributed by atoms with Crippen LogP contribution in [0.3, 0.4) is 0 Å². The van der Waals surface area contributed by atoms with E-state index < -0.39 is 61.0 Å². The second-order valence-electron chi connectivity index (χ2n) is 11.0. The van der Waals surface area contributed by atoms with Crippen molar-refractivity contribution in [3.63, 3.8) is 0 Å². The van der Waals surface area contributed by atoms with Crippen molar-refractivity contribution in [2.45, 2.75) is 75.5 Å². The highest BCUT2D eigenvalue weighted by molar-refractivity contribution is 6.01. The average Bonchev–Trinajstić information content (AvgIpc) is 3.64. The number of ether oxygens (including phenoxy) is 4. The number of carbonyl (C=O) groups is 1. The summed E-state index contributed by atoms with van der Waals surface area (Å²) >= 11 is 0. The Balaban J connectivity index is 1.21. The first-order valence-corrected chi connectivity index (χ1v) is 14.4. The van der Waals surface area contributed by atoms with Crippen LogP contribution in [0.15, 0.2) is 64.3 Å². The molecule has 45 heavy (non-hydrogen) atoms. The highest BCUT2D eigenvalue weighted by atomic mass is 16.7. The van der Waals surface area contributed by atoms with E-state index >= 15 is 0 Å². The van der Waals surface area contributed by atoms with Crippen LogP contribution in [0.2, 0.25) is 0 Å². The van der Waals surface area contributed by atoms with Gasteiger partial charge in [0.15, 0.2) is 11.5 Å². The highest BCUT2D eigenvalue weighted by Gasteiger charge is 2.53. The molecule has 2 aliphatic heterocycles. The largest absolute Gasteiger partial charge is 0.504 e. The predicted octanol–water partition coefficient (Wildman–Crippen LogP) is 0.246. The smallest absolute Gasteiger partial charge is 0.247 e. The number of oxime groups is 1. The molecule has 3 fully saturated rings. The number of aliphatic hydroxyl groups is 4. The minimum absolute atomic E-state index is 0.0407. The third-order valence-electron chi connectivity index (χ3n) is 7.91. The number of aliphatic hydroxyl groups excluding tert-OH is 4. The molecule has 3 aliphatic rings. The first kappa shape index (κ1) is 32.5. The van der Waals surface area contributed by atoms with Crippen molar-refractivity contribution >= 4 is 23.4 Å². The molecular weight excluding hydrogens is 590 g/mol. The summed E-state index contributed by atoms with van der Waals surface area (Å²) in [5.41, 5.74) is 2.13. The van der Waals surface area contributed by atoms with Crippen LogP contribution in [0.4, 0.5) is 0 Å². The van der Waals surface area contributed by atoms with Gasteiger partial charge in [-0.25, -0.2) is 0 Å². The van der Waals surface area contributed by atoms with E-state index in [1.807, 2.05) is 30.3 Å². The second kappa shape index (κ2) is 14.0. The van der Waals surface area contributed by atoms with Crippen molar-refractivity contribution in [3.8, 4) is 11.5 Å². The zero-order valence-electron chi connectivity index (χ0n) is 24.9. The van der Waals surface area contributed by atoms with Gasteiger partial charge in [0.05, 0.1) is 11.8 Å². The number of fused-ring (bicyclic) bond motifs is 1. The van der Waals surface area contributed by atoms with Crippen LogP contribution in [0.25, 0.3) is 6.08 Å². The topological polar surface area (TPSA) is 201 Å². The summed E-state index contributed by atoms with van der Waals surface area (Å²) in [7, 11) is 1.49. The van der Waals surface area contributed by atoms with Gasteiger partial charge in [0.2, 0.25) is 12.2 Å². The molecule has 0 bridgehead atoms. The Morgan fingerprint density at radius 1 is 1.02 bits per heavy atom. The fourth-order valence-electron chi connectivity index (χ4n) is 5.44. The number of carbonyl (C=O) groups excluding carboxylic acids is 1. The van der Waals surface area contributed by atoms with Gasteiger partial charge in [-0.15, -0.1) is 0 Å². The van der Waals surface area contributed by atoms with Crippen LogP contribution >= 0.6 is 0 Å². The van der Waals surface area contributed by atoms with Crippen molar-refractivity contribution in [3.05, 3.63) is 65.2 Å². The predicted molar refractivity (Wildman–Crippen MR) is 159 cm³/mol. The Labute approximate surface area is 259 Å². The quantitative estimate of drug-likeness (QED) is 0.126. The SMILES string of the molecule is CN=C1C(Oc2ccc(/C=C(\C)C(=O)NC3[C@@H](O)[C@@H]4OCO[C@@H]4[C@H](O)[C@H]3O)cc2O)O[C@H](/C(C)=N/OCc2ccccc2)[C@H]1O. The molecule has 2 aromatic carbocycles. The normalized spacial score (nSPS) is 32.8. The third kappa shape index (κ3) is 7.02. The lowest BCUT2D eigenvalue weighted by Crippen LogP contribution is -2.67. The van der Waals surface area contributed by atoms with E-state index in [4.69, 9.17) is 23.8 Å². The monoisotopic (exact) mass is 627 g/mol. The number of nitrogens with zero attached hydrogens (tertiary/aromatic N) is 2. The van der Waals surface area contributed by atoms with Gasteiger partial charge in [0.25, 0.3) is 0 Å². The van der Waals surface area contributed by atoms with Crippen LogP contribution in [-0.4, -0.2) is 112 Å². The lowest BCUT2D eigenvalue weighted by Gasteiger charge is -2.41. The van der Waals surface area contributed by atoms with Gasteiger partial charge in [-0.3, -0.25) is 9.79 Å². The molecule has 5 rings (SSSR count). The van der Waals surface area contributed by atoms with E-state index in [-0.39, 0.29) is 36.2 Å². The van der Waals surface area contributed by atoms with E-state index in [0.29, 0.717) is 11.3 Å². The number of rotatable bonds is 9. The zero-order chi connectivity index (χ0) is 32.2. The van der Waals surface area contributed by atoms with Crippen molar-refractivity contribution in [1.82, 2.24) is 5.32 Å². The number of nitrogens with one attached hydrogen (secondary N) is 1. The summed E-state index contributed by atoms with van der Waals surface area (Å²) in [6.07, 6.45) is -7.63. The number of phenols is 1. The molecule has 14 nitrogen and oxygen atoms in total. The Morgan fingerprint density at radius 2 is 1.73 bits per heavy atom. The zero-order valence-corrected chi connectivity index (χ0v) is 24.9. The highest BCUT2D eigenvalue weighted by Crippen LogP contribution is 2.32. The molecule has 1 saturated carbocycles. The minimum Gasteiger partial charge on any atom is -0.504 e. The van der Waals surface area contributed by atoms with Crippen molar-refractivity contribution in [1.29, 1.82) is 0 Å². The average molecular weight is 628 g/mol. The van der Waals surface area contributed by atoms with Crippen molar-refractivity contribution in [2.24, 2.45) is 10.1 Å². The summed E-state index contributed by atoms with van der Waals surface area (Å²) in [6.45, 7) is 3.26. The molecule has 2 aromatic rings. The molecular formula is C31H37N3O11. The number of phenolic OH excluding ortho intramolecular Hbond substituents is 1. The number of aromatic hydroxyl groups is 1. The van der Waals surface area contributed by atoms with Crippen LogP contribution in [0, 0.1) is 0 Å². The minimum atomic E-state index is -1.48. The van der Waals surface area contributed by atoms with E-state index in [1.165, 1.54) is 32.2 Å². The summed E-state index contributed by atoms with van der Waals surface area (Å²) in [4.78, 5) is 22.4. The fourth-order valence-corrected chi connectivity index (χ4v) is 5.44. The summed E-state index contributed by atoms with van der Waals surface area (Å²) < 4.78 is 22.3. The molecule has 1 amide bonds. The Bertz CT molecular complexity index is 1450. The number of hydrogen-bond donors (Lipinski definition) is 6. The molecule has 0 aromatic heterocycles. The second-order valence-corrected chi connectivity index (χ2v) is 11.0. The molecule has 2 unspecified atom stereocenters. The molecule has 14 heteroatoms. The van der Waals surface area contributed by atoms with Gasteiger partial charge in [-0.05, 0) is 43.2 Å². The van der Waals surface area contributed by atoms with Crippen molar-refractivity contribution in [2.75, 3.05) is 13.8 Å². The van der Waals surface area contributed by atoms with Gasteiger partial charge in [-0.1, -0.05) is 41.6 Å². The summed E-state index contributed by atoms with van der Waals surface area (Å²) in [6, 6.07) is 12.7. The third-order valence-corrected chi connectivity index (χ3v) is 7.91. The molecule has 0 radical (unpaired) electrons. The molecule has 2 heterocycles. The number of aliphatic imine (C=N–C) groups is 1. The first-order chi connectivity index (χ1) is 21.6.